The van der Waals surface area contributed by atoms with E-state index in [9.17, 15) is 4.79 Å². The third kappa shape index (κ3) is 3.98. The van der Waals surface area contributed by atoms with Gasteiger partial charge in [0.2, 0.25) is 5.91 Å². The fraction of sp³-hybridized carbons (Fsp3) is 0.500. The Kier molecular flexibility index (Phi) is 3.76. The Morgan fingerprint density at radius 3 is 2.47 bits per heavy atom. The highest BCUT2D eigenvalue weighted by molar-refractivity contribution is 14.1. The molecule has 2 rings (SSSR count). The van der Waals surface area contributed by atoms with E-state index in [-0.39, 0.29) is 17.4 Å². The highest BCUT2D eigenvalue weighted by Gasteiger charge is 2.33. The lowest BCUT2D eigenvalue weighted by atomic mass is 9.94. The molecule has 0 aliphatic heterocycles. The van der Waals surface area contributed by atoms with Crippen LogP contribution in [0, 0.1) is 9.49 Å². The first-order chi connectivity index (χ1) is 7.96. The lowest BCUT2D eigenvalue weighted by Gasteiger charge is -2.26. The number of amides is 1. The first-order valence-corrected chi connectivity index (χ1v) is 7.11. The van der Waals surface area contributed by atoms with Crippen molar-refractivity contribution in [2.75, 3.05) is 0 Å². The monoisotopic (exact) mass is 343 g/mol. The minimum Gasteiger partial charge on any atom is -0.351 e. The fourth-order valence-corrected chi connectivity index (χ4v) is 2.30. The molecular weight excluding hydrogens is 325 g/mol. The summed E-state index contributed by atoms with van der Waals surface area (Å²) in [7, 11) is 0. The van der Waals surface area contributed by atoms with E-state index in [4.69, 9.17) is 0 Å². The van der Waals surface area contributed by atoms with Gasteiger partial charge in [0, 0.05) is 15.0 Å². The van der Waals surface area contributed by atoms with Crippen molar-refractivity contribution in [3.63, 3.8) is 0 Å². The number of carbonyl (C=O) groups is 1. The van der Waals surface area contributed by atoms with E-state index in [0.29, 0.717) is 0 Å². The third-order valence-electron chi connectivity index (χ3n) is 2.97. The molecule has 1 aliphatic carbocycles. The Labute approximate surface area is 116 Å². The van der Waals surface area contributed by atoms with Crippen LogP contribution < -0.4 is 5.32 Å². The summed E-state index contributed by atoms with van der Waals surface area (Å²) < 4.78 is 1.24. The molecule has 2 nitrogen and oxygen atoms in total. The summed E-state index contributed by atoms with van der Waals surface area (Å²) >= 11 is 2.30. The van der Waals surface area contributed by atoms with Gasteiger partial charge in [0.05, 0.1) is 0 Å². The van der Waals surface area contributed by atoms with Crippen LogP contribution in [-0.2, 0) is 11.2 Å². The van der Waals surface area contributed by atoms with Gasteiger partial charge in [-0.05, 0) is 73.4 Å². The van der Waals surface area contributed by atoms with E-state index in [1.807, 2.05) is 0 Å². The van der Waals surface area contributed by atoms with Crippen molar-refractivity contribution in [2.24, 2.45) is 5.92 Å². The van der Waals surface area contributed by atoms with E-state index < -0.39 is 0 Å². The van der Waals surface area contributed by atoms with Gasteiger partial charge in [0.25, 0.3) is 0 Å². The molecule has 0 spiro atoms. The van der Waals surface area contributed by atoms with Gasteiger partial charge in [-0.3, -0.25) is 4.79 Å². The SMILES string of the molecule is CC(C)(Cc1ccc(I)cc1)NC(=O)C1CC1. The second-order valence-corrected chi connectivity index (χ2v) is 6.70. The zero-order valence-corrected chi connectivity index (χ0v) is 12.5. The summed E-state index contributed by atoms with van der Waals surface area (Å²) in [5, 5.41) is 3.14. The van der Waals surface area contributed by atoms with Crippen molar-refractivity contribution in [3.8, 4) is 0 Å². The molecule has 1 aliphatic rings. The Bertz CT molecular complexity index is 407. The maximum atomic E-state index is 11.8. The number of benzene rings is 1. The topological polar surface area (TPSA) is 29.1 Å². The lowest BCUT2D eigenvalue weighted by molar-refractivity contribution is -0.123. The van der Waals surface area contributed by atoms with Crippen LogP contribution in [0.3, 0.4) is 0 Å². The van der Waals surface area contributed by atoms with Gasteiger partial charge >= 0.3 is 0 Å². The highest BCUT2D eigenvalue weighted by Crippen LogP contribution is 2.29. The quantitative estimate of drug-likeness (QED) is 0.837. The first-order valence-electron chi connectivity index (χ1n) is 6.03. The molecular formula is C14H18INO. The van der Waals surface area contributed by atoms with Crippen molar-refractivity contribution in [3.05, 3.63) is 33.4 Å². The molecule has 0 aromatic heterocycles. The smallest absolute Gasteiger partial charge is 0.223 e. The number of halogens is 1. The van der Waals surface area contributed by atoms with Crippen molar-refractivity contribution in [1.82, 2.24) is 5.32 Å². The zero-order valence-electron chi connectivity index (χ0n) is 10.3. The van der Waals surface area contributed by atoms with Gasteiger partial charge in [-0.15, -0.1) is 0 Å². The van der Waals surface area contributed by atoms with Gasteiger partial charge in [-0.25, -0.2) is 0 Å². The van der Waals surface area contributed by atoms with E-state index in [1.54, 1.807) is 0 Å². The van der Waals surface area contributed by atoms with Crippen LogP contribution in [0.2, 0.25) is 0 Å². The summed E-state index contributed by atoms with van der Waals surface area (Å²) in [6.07, 6.45) is 3.00. The van der Waals surface area contributed by atoms with Gasteiger partial charge < -0.3 is 5.32 Å². The van der Waals surface area contributed by atoms with Crippen LogP contribution in [-0.4, -0.2) is 11.4 Å². The molecule has 0 bridgehead atoms. The van der Waals surface area contributed by atoms with Gasteiger partial charge in [-0.2, -0.15) is 0 Å². The molecule has 0 atom stereocenters. The molecule has 0 radical (unpaired) electrons. The number of rotatable bonds is 4. The van der Waals surface area contributed by atoms with Crippen LogP contribution in [0.15, 0.2) is 24.3 Å². The Morgan fingerprint density at radius 2 is 1.94 bits per heavy atom. The Morgan fingerprint density at radius 1 is 1.35 bits per heavy atom. The highest BCUT2D eigenvalue weighted by atomic mass is 127. The van der Waals surface area contributed by atoms with Crippen LogP contribution in [0.25, 0.3) is 0 Å². The Hall–Kier alpha value is -0.580. The largest absolute Gasteiger partial charge is 0.351 e. The second kappa shape index (κ2) is 4.96. The molecule has 3 heteroatoms. The van der Waals surface area contributed by atoms with Crippen LogP contribution >= 0.6 is 22.6 Å². The maximum Gasteiger partial charge on any atom is 0.223 e. The molecule has 92 valence electrons. The molecule has 0 unspecified atom stereocenters. The Balaban J connectivity index is 1.95. The van der Waals surface area contributed by atoms with Gasteiger partial charge in [-0.1, -0.05) is 12.1 Å². The van der Waals surface area contributed by atoms with E-state index in [1.165, 1.54) is 9.13 Å². The molecule has 1 N–H and O–H groups in total. The van der Waals surface area contributed by atoms with Crippen LogP contribution in [0.4, 0.5) is 0 Å². The molecule has 0 heterocycles. The number of nitrogens with one attached hydrogen (secondary N) is 1. The van der Waals surface area contributed by atoms with Crippen molar-refractivity contribution in [2.45, 2.75) is 38.6 Å². The number of hydrogen-bond acceptors (Lipinski definition) is 1. The van der Waals surface area contributed by atoms with E-state index >= 15 is 0 Å². The fourth-order valence-electron chi connectivity index (χ4n) is 1.94. The first kappa shape index (κ1) is 12.9. The normalized spacial score (nSPS) is 15.7. The summed E-state index contributed by atoms with van der Waals surface area (Å²) in [4.78, 5) is 11.8. The van der Waals surface area contributed by atoms with Crippen LogP contribution in [0.5, 0.6) is 0 Å². The predicted molar refractivity (Wildman–Crippen MR) is 77.8 cm³/mol. The lowest BCUT2D eigenvalue weighted by Crippen LogP contribution is -2.45. The predicted octanol–water partition coefficient (Wildman–Crippen LogP) is 3.14. The number of carbonyl (C=O) groups excluding carboxylic acids is 1. The van der Waals surface area contributed by atoms with Crippen molar-refractivity contribution >= 4 is 28.5 Å². The van der Waals surface area contributed by atoms with E-state index in [0.717, 1.165) is 19.3 Å². The summed E-state index contributed by atoms with van der Waals surface area (Å²) in [6.45, 7) is 4.18. The summed E-state index contributed by atoms with van der Waals surface area (Å²) in [6, 6.07) is 8.48. The standard InChI is InChI=1S/C14H18INO/c1-14(2,16-13(17)11-5-6-11)9-10-3-7-12(15)8-4-10/h3-4,7-8,11H,5-6,9H2,1-2H3,(H,16,17). The van der Waals surface area contributed by atoms with Crippen molar-refractivity contribution < 1.29 is 4.79 Å². The minimum absolute atomic E-state index is 0.160. The summed E-state index contributed by atoms with van der Waals surface area (Å²) in [5.74, 6) is 0.506. The molecule has 1 amide bonds. The third-order valence-corrected chi connectivity index (χ3v) is 3.69. The minimum atomic E-state index is -0.160. The van der Waals surface area contributed by atoms with Gasteiger partial charge in [0.1, 0.15) is 0 Å². The van der Waals surface area contributed by atoms with E-state index in [2.05, 4.69) is 66.0 Å². The molecule has 0 saturated heterocycles. The maximum absolute atomic E-state index is 11.8. The van der Waals surface area contributed by atoms with Gasteiger partial charge in [0.15, 0.2) is 0 Å². The molecule has 1 aromatic carbocycles. The summed E-state index contributed by atoms with van der Waals surface area (Å²) in [5.41, 5.74) is 1.11. The van der Waals surface area contributed by atoms with Crippen molar-refractivity contribution in [1.29, 1.82) is 0 Å². The molecule has 1 aromatic rings. The number of hydrogen-bond donors (Lipinski definition) is 1. The second-order valence-electron chi connectivity index (χ2n) is 5.45. The van der Waals surface area contributed by atoms with Crippen LogP contribution in [0.1, 0.15) is 32.3 Å². The zero-order chi connectivity index (χ0) is 12.5. The molecule has 1 saturated carbocycles. The molecule has 1 fully saturated rings. The molecule has 17 heavy (non-hydrogen) atoms. The average molecular weight is 343 g/mol. The average Bonchev–Trinajstić information content (AvgIpc) is 3.03.